The molecule has 1 aromatic carbocycles. The minimum absolute atomic E-state index is 0.0724. The summed E-state index contributed by atoms with van der Waals surface area (Å²) in [5.41, 5.74) is 3.60. The molecule has 0 atom stereocenters. The molecule has 2 N–H and O–H groups in total. The van der Waals surface area contributed by atoms with Crippen LogP contribution in [0.5, 0.6) is 0 Å². The summed E-state index contributed by atoms with van der Waals surface area (Å²) in [5.74, 6) is -0.220. The van der Waals surface area contributed by atoms with Crippen LogP contribution in [0.1, 0.15) is 29.0 Å². The molecule has 0 fully saturated rings. The number of halogens is 1. The number of rotatable bonds is 8. The van der Waals surface area contributed by atoms with E-state index < -0.39 is 0 Å². The molecule has 0 spiro atoms. The maximum atomic E-state index is 13.4. The van der Waals surface area contributed by atoms with Crippen molar-refractivity contribution in [2.24, 2.45) is 0 Å². The molecule has 0 saturated carbocycles. The standard InChI is InChI=1S/C24H28FN5O2S/c1-29(11-3-6-20-15-21(28-27-20)17-4-2-5-19(25)14-17)24(32)26-10-7-23(31)30-12-8-22-18(16-30)9-13-33-22/h2,4-5,9,13-15H,3,6-8,10-12,16H2,1H3,(H,26,32)(H,27,28). The van der Waals surface area contributed by atoms with Gasteiger partial charge in [0.1, 0.15) is 5.82 Å². The van der Waals surface area contributed by atoms with Crippen molar-refractivity contribution >= 4 is 23.3 Å². The zero-order chi connectivity index (χ0) is 23.2. The predicted octanol–water partition coefficient (Wildman–Crippen LogP) is 3.83. The molecule has 0 bridgehead atoms. The Balaban J connectivity index is 1.14. The van der Waals surface area contributed by atoms with Crippen LogP contribution in [0.4, 0.5) is 9.18 Å². The van der Waals surface area contributed by atoms with Crippen molar-refractivity contribution in [3.63, 3.8) is 0 Å². The highest BCUT2D eigenvalue weighted by Gasteiger charge is 2.21. The first-order valence-electron chi connectivity index (χ1n) is 11.1. The maximum Gasteiger partial charge on any atom is 0.317 e. The number of carbonyl (C=O) groups is 2. The Bertz CT molecular complexity index is 1110. The number of thiophene rings is 1. The van der Waals surface area contributed by atoms with E-state index in [0.29, 0.717) is 31.7 Å². The molecular weight excluding hydrogens is 441 g/mol. The molecule has 0 saturated heterocycles. The van der Waals surface area contributed by atoms with Gasteiger partial charge in [-0.25, -0.2) is 9.18 Å². The lowest BCUT2D eigenvalue weighted by Crippen LogP contribution is -2.41. The van der Waals surface area contributed by atoms with Gasteiger partial charge in [0.25, 0.3) is 0 Å². The fourth-order valence-electron chi connectivity index (χ4n) is 3.92. The van der Waals surface area contributed by atoms with Gasteiger partial charge >= 0.3 is 6.03 Å². The number of aromatic nitrogens is 2. The number of hydrogen-bond donors (Lipinski definition) is 2. The van der Waals surface area contributed by atoms with Crippen molar-refractivity contribution in [2.75, 3.05) is 26.7 Å². The molecule has 174 valence electrons. The Morgan fingerprint density at radius 3 is 3.03 bits per heavy atom. The van der Waals surface area contributed by atoms with E-state index in [-0.39, 0.29) is 17.8 Å². The molecular formula is C24H28FN5O2S. The second-order valence-electron chi connectivity index (χ2n) is 8.23. The summed E-state index contributed by atoms with van der Waals surface area (Å²) in [6.07, 6.45) is 2.69. The smallest absolute Gasteiger partial charge is 0.317 e. The number of urea groups is 1. The summed E-state index contributed by atoms with van der Waals surface area (Å²) in [4.78, 5) is 29.7. The number of aromatic amines is 1. The lowest BCUT2D eigenvalue weighted by Gasteiger charge is -2.27. The quantitative estimate of drug-likeness (QED) is 0.526. The van der Waals surface area contributed by atoms with Crippen molar-refractivity contribution in [1.82, 2.24) is 25.3 Å². The molecule has 7 nitrogen and oxygen atoms in total. The number of aryl methyl sites for hydroxylation is 1. The Morgan fingerprint density at radius 2 is 2.18 bits per heavy atom. The van der Waals surface area contributed by atoms with Crippen LogP contribution in [-0.2, 0) is 24.2 Å². The largest absolute Gasteiger partial charge is 0.338 e. The molecule has 1 aliphatic heterocycles. The monoisotopic (exact) mass is 469 g/mol. The molecule has 3 amide bonds. The number of carbonyl (C=O) groups excluding carboxylic acids is 2. The summed E-state index contributed by atoms with van der Waals surface area (Å²) >= 11 is 1.75. The van der Waals surface area contributed by atoms with Crippen LogP contribution < -0.4 is 5.32 Å². The maximum absolute atomic E-state index is 13.4. The molecule has 3 aromatic rings. The first-order valence-corrected chi connectivity index (χ1v) is 12.0. The van der Waals surface area contributed by atoms with E-state index in [0.717, 1.165) is 37.1 Å². The Hall–Kier alpha value is -3.20. The van der Waals surface area contributed by atoms with Gasteiger partial charge < -0.3 is 15.1 Å². The van der Waals surface area contributed by atoms with Gasteiger partial charge in [0.05, 0.1) is 5.69 Å². The third kappa shape index (κ3) is 5.98. The highest BCUT2D eigenvalue weighted by molar-refractivity contribution is 7.10. The Labute approximate surface area is 196 Å². The van der Waals surface area contributed by atoms with Crippen molar-refractivity contribution in [3.8, 4) is 11.3 Å². The number of nitrogens with one attached hydrogen (secondary N) is 2. The zero-order valence-electron chi connectivity index (χ0n) is 18.6. The lowest BCUT2D eigenvalue weighted by atomic mass is 10.1. The van der Waals surface area contributed by atoms with Gasteiger partial charge in [-0.15, -0.1) is 11.3 Å². The van der Waals surface area contributed by atoms with E-state index in [2.05, 4.69) is 27.0 Å². The highest BCUT2D eigenvalue weighted by Crippen LogP contribution is 2.24. The Kier molecular flexibility index (Phi) is 7.39. The molecule has 1 aliphatic rings. The van der Waals surface area contributed by atoms with Gasteiger partial charge in [-0.1, -0.05) is 12.1 Å². The van der Waals surface area contributed by atoms with E-state index in [1.54, 1.807) is 29.4 Å². The summed E-state index contributed by atoms with van der Waals surface area (Å²) < 4.78 is 13.4. The lowest BCUT2D eigenvalue weighted by molar-refractivity contribution is -0.131. The summed E-state index contributed by atoms with van der Waals surface area (Å²) in [6, 6.07) is 10.1. The van der Waals surface area contributed by atoms with Gasteiger partial charge in [0, 0.05) is 55.8 Å². The summed E-state index contributed by atoms with van der Waals surface area (Å²) in [5, 5.41) is 12.1. The van der Waals surface area contributed by atoms with Gasteiger partial charge in [0.2, 0.25) is 5.91 Å². The number of benzene rings is 1. The molecule has 9 heteroatoms. The van der Waals surface area contributed by atoms with Crippen LogP contribution in [0.2, 0.25) is 0 Å². The van der Waals surface area contributed by atoms with Crippen LogP contribution in [0.25, 0.3) is 11.3 Å². The minimum Gasteiger partial charge on any atom is -0.338 e. The van der Waals surface area contributed by atoms with Gasteiger partial charge in [0.15, 0.2) is 0 Å². The topological polar surface area (TPSA) is 81.3 Å². The fourth-order valence-corrected chi connectivity index (χ4v) is 4.81. The van der Waals surface area contributed by atoms with Gasteiger partial charge in [-0.05, 0) is 54.5 Å². The number of amides is 3. The van der Waals surface area contributed by atoms with Crippen LogP contribution >= 0.6 is 11.3 Å². The first kappa shape index (κ1) is 23.0. The van der Waals surface area contributed by atoms with Crippen molar-refractivity contribution in [2.45, 2.75) is 32.2 Å². The molecule has 0 unspecified atom stereocenters. The van der Waals surface area contributed by atoms with E-state index in [4.69, 9.17) is 0 Å². The highest BCUT2D eigenvalue weighted by atomic mass is 32.1. The second kappa shape index (κ2) is 10.6. The van der Waals surface area contributed by atoms with E-state index in [1.807, 2.05) is 17.0 Å². The fraction of sp³-hybridized carbons (Fsp3) is 0.375. The van der Waals surface area contributed by atoms with Crippen LogP contribution in [0, 0.1) is 5.82 Å². The Morgan fingerprint density at radius 1 is 1.30 bits per heavy atom. The van der Waals surface area contributed by atoms with Gasteiger partial charge in [-0.3, -0.25) is 9.89 Å². The minimum atomic E-state index is -0.293. The normalized spacial score (nSPS) is 13.0. The number of fused-ring (bicyclic) bond motifs is 1. The molecule has 2 aromatic heterocycles. The van der Waals surface area contributed by atoms with Crippen LogP contribution in [-0.4, -0.2) is 58.6 Å². The first-order chi connectivity index (χ1) is 16.0. The third-order valence-electron chi connectivity index (χ3n) is 5.81. The molecule has 4 rings (SSSR count). The SMILES string of the molecule is CN(CCCc1cc(-c2cccc(F)c2)n[nH]1)C(=O)NCCC(=O)N1CCc2sccc2C1. The van der Waals surface area contributed by atoms with E-state index >= 15 is 0 Å². The van der Waals surface area contributed by atoms with Crippen LogP contribution in [0.15, 0.2) is 41.8 Å². The number of hydrogen-bond acceptors (Lipinski definition) is 4. The second-order valence-corrected chi connectivity index (χ2v) is 9.23. The molecule has 0 radical (unpaired) electrons. The van der Waals surface area contributed by atoms with Crippen LogP contribution in [0.3, 0.4) is 0 Å². The number of H-pyrrole nitrogens is 1. The van der Waals surface area contributed by atoms with Crippen molar-refractivity contribution < 1.29 is 14.0 Å². The molecule has 3 heterocycles. The average Bonchev–Trinajstić information content (AvgIpc) is 3.48. The third-order valence-corrected chi connectivity index (χ3v) is 6.84. The summed E-state index contributed by atoms with van der Waals surface area (Å²) in [6.45, 7) is 2.31. The van der Waals surface area contributed by atoms with Gasteiger partial charge in [-0.2, -0.15) is 5.10 Å². The predicted molar refractivity (Wildman–Crippen MR) is 126 cm³/mol. The number of nitrogens with zero attached hydrogens (tertiary/aromatic N) is 3. The van der Waals surface area contributed by atoms with Crippen molar-refractivity contribution in [3.05, 3.63) is 63.7 Å². The van der Waals surface area contributed by atoms with Crippen molar-refractivity contribution in [1.29, 1.82) is 0 Å². The summed E-state index contributed by atoms with van der Waals surface area (Å²) in [7, 11) is 1.74. The molecule has 33 heavy (non-hydrogen) atoms. The van der Waals surface area contributed by atoms with E-state index in [9.17, 15) is 14.0 Å². The van der Waals surface area contributed by atoms with E-state index in [1.165, 1.54) is 22.6 Å². The zero-order valence-corrected chi connectivity index (χ0v) is 19.5. The molecule has 0 aliphatic carbocycles. The average molecular weight is 470 g/mol.